The van der Waals surface area contributed by atoms with Crippen molar-refractivity contribution in [3.63, 3.8) is 0 Å². The van der Waals surface area contributed by atoms with Gasteiger partial charge in [-0.05, 0) is 48.4 Å². The van der Waals surface area contributed by atoms with E-state index in [-0.39, 0.29) is 24.1 Å². The van der Waals surface area contributed by atoms with Crippen LogP contribution in [0.2, 0.25) is 0 Å². The van der Waals surface area contributed by atoms with Crippen molar-refractivity contribution in [2.24, 2.45) is 5.73 Å². The number of imidazole rings is 1. The van der Waals surface area contributed by atoms with Crippen molar-refractivity contribution in [1.29, 1.82) is 5.41 Å². The number of nitrogens with zero attached hydrogens (tertiary/aromatic N) is 2. The Morgan fingerprint density at radius 1 is 1.11 bits per heavy atom. The second-order valence-corrected chi connectivity index (χ2v) is 6.18. The SMILES string of the molecule is COC(=O)CCc1ccc(-n2cc(O)n(-c3ccc(C(=N)N)cc3)c2=O)cc1. The molecule has 0 bridgehead atoms. The molecule has 0 aliphatic heterocycles. The Labute approximate surface area is 160 Å². The topological polar surface area (TPSA) is 123 Å². The van der Waals surface area contributed by atoms with E-state index in [1.807, 2.05) is 12.1 Å². The van der Waals surface area contributed by atoms with Gasteiger partial charge in [-0.3, -0.25) is 14.8 Å². The maximum absolute atomic E-state index is 12.8. The number of aromatic hydroxyl groups is 1. The average molecular weight is 380 g/mol. The number of esters is 1. The molecule has 1 heterocycles. The number of rotatable bonds is 6. The van der Waals surface area contributed by atoms with Crippen LogP contribution in [0.1, 0.15) is 17.5 Å². The van der Waals surface area contributed by atoms with Gasteiger partial charge in [0.15, 0.2) is 0 Å². The molecule has 0 aliphatic carbocycles. The Morgan fingerprint density at radius 3 is 2.29 bits per heavy atom. The van der Waals surface area contributed by atoms with Gasteiger partial charge in [0.25, 0.3) is 0 Å². The molecule has 3 aromatic rings. The van der Waals surface area contributed by atoms with Gasteiger partial charge in [0.1, 0.15) is 5.84 Å². The number of benzene rings is 2. The predicted octanol–water partition coefficient (Wildman–Crippen LogP) is 1.72. The van der Waals surface area contributed by atoms with Gasteiger partial charge in [0.2, 0.25) is 5.88 Å². The smallest absolute Gasteiger partial charge is 0.340 e. The summed E-state index contributed by atoms with van der Waals surface area (Å²) in [5, 5.41) is 17.7. The third-order valence-electron chi connectivity index (χ3n) is 4.37. The number of nitrogen functional groups attached to an aromatic ring is 1. The fourth-order valence-electron chi connectivity index (χ4n) is 2.82. The van der Waals surface area contributed by atoms with Crippen LogP contribution in [0.15, 0.2) is 59.5 Å². The van der Waals surface area contributed by atoms with Crippen LogP contribution >= 0.6 is 0 Å². The highest BCUT2D eigenvalue weighted by Crippen LogP contribution is 2.18. The molecule has 0 amide bonds. The third kappa shape index (κ3) is 3.80. The number of nitrogens with two attached hydrogens (primary N) is 1. The number of aromatic nitrogens is 2. The number of nitrogens with one attached hydrogen (secondary N) is 1. The first-order valence-electron chi connectivity index (χ1n) is 8.55. The summed E-state index contributed by atoms with van der Waals surface area (Å²) < 4.78 is 7.12. The van der Waals surface area contributed by atoms with Crippen molar-refractivity contribution in [1.82, 2.24) is 9.13 Å². The van der Waals surface area contributed by atoms with Crippen LogP contribution in [-0.2, 0) is 16.0 Å². The molecule has 1 aromatic heterocycles. The largest absolute Gasteiger partial charge is 0.493 e. The van der Waals surface area contributed by atoms with Crippen molar-refractivity contribution in [2.75, 3.05) is 7.11 Å². The summed E-state index contributed by atoms with van der Waals surface area (Å²) in [6.07, 6.45) is 2.16. The maximum atomic E-state index is 12.8. The molecule has 0 spiro atoms. The van der Waals surface area contributed by atoms with Gasteiger partial charge >= 0.3 is 11.7 Å². The number of aryl methyl sites for hydroxylation is 1. The molecule has 28 heavy (non-hydrogen) atoms. The van der Waals surface area contributed by atoms with Crippen molar-refractivity contribution in [3.05, 3.63) is 76.3 Å². The van der Waals surface area contributed by atoms with Gasteiger partial charge in [-0.15, -0.1) is 0 Å². The van der Waals surface area contributed by atoms with E-state index in [4.69, 9.17) is 11.1 Å². The minimum atomic E-state index is -0.435. The molecule has 0 saturated carbocycles. The van der Waals surface area contributed by atoms with Crippen molar-refractivity contribution >= 4 is 11.8 Å². The predicted molar refractivity (Wildman–Crippen MR) is 104 cm³/mol. The lowest BCUT2D eigenvalue weighted by Crippen LogP contribution is -2.22. The molecule has 0 unspecified atom stereocenters. The highest BCUT2D eigenvalue weighted by molar-refractivity contribution is 5.95. The minimum absolute atomic E-state index is 0.0759. The molecule has 8 heteroatoms. The van der Waals surface area contributed by atoms with Crippen LogP contribution in [0.4, 0.5) is 0 Å². The molecule has 2 aromatic carbocycles. The van der Waals surface area contributed by atoms with E-state index in [1.165, 1.54) is 17.9 Å². The van der Waals surface area contributed by atoms with Crippen LogP contribution in [0.25, 0.3) is 11.4 Å². The zero-order valence-electron chi connectivity index (χ0n) is 15.3. The third-order valence-corrected chi connectivity index (χ3v) is 4.37. The number of ether oxygens (including phenoxy) is 1. The summed E-state index contributed by atoms with van der Waals surface area (Å²) in [6, 6.07) is 13.6. The Morgan fingerprint density at radius 2 is 1.71 bits per heavy atom. The summed E-state index contributed by atoms with van der Waals surface area (Å²) >= 11 is 0. The fourth-order valence-corrected chi connectivity index (χ4v) is 2.82. The van der Waals surface area contributed by atoms with Gasteiger partial charge in [-0.2, -0.15) is 0 Å². The quantitative estimate of drug-likeness (QED) is 0.341. The lowest BCUT2D eigenvalue weighted by Gasteiger charge is -2.05. The van der Waals surface area contributed by atoms with Crippen LogP contribution in [0.3, 0.4) is 0 Å². The van der Waals surface area contributed by atoms with Crippen molar-refractivity contribution in [2.45, 2.75) is 12.8 Å². The van der Waals surface area contributed by atoms with Gasteiger partial charge in [0, 0.05) is 12.0 Å². The van der Waals surface area contributed by atoms with Crippen LogP contribution < -0.4 is 11.4 Å². The van der Waals surface area contributed by atoms with Crippen LogP contribution in [0.5, 0.6) is 5.88 Å². The zero-order chi connectivity index (χ0) is 20.3. The van der Waals surface area contributed by atoms with E-state index in [1.54, 1.807) is 36.4 Å². The summed E-state index contributed by atoms with van der Waals surface area (Å²) in [4.78, 5) is 24.0. The summed E-state index contributed by atoms with van der Waals surface area (Å²) in [5.74, 6) is -0.568. The van der Waals surface area contributed by atoms with E-state index in [0.29, 0.717) is 23.4 Å². The standard InChI is InChI=1S/C20H20N4O4/c1-28-18(26)11-4-13-2-7-15(8-3-13)23-12-17(25)24(20(23)27)16-9-5-14(6-10-16)19(21)22/h2-3,5-10,12,25H,4,11H2,1H3,(H3,21,22). The summed E-state index contributed by atoms with van der Waals surface area (Å²) in [6.45, 7) is 0. The number of methoxy groups -OCH3 is 1. The molecule has 0 atom stereocenters. The summed E-state index contributed by atoms with van der Waals surface area (Å²) in [5.41, 5.74) is 7.51. The number of carbonyl (C=O) groups is 1. The number of hydrogen-bond donors (Lipinski definition) is 3. The zero-order valence-corrected chi connectivity index (χ0v) is 15.3. The van der Waals surface area contributed by atoms with Crippen molar-refractivity contribution < 1.29 is 14.6 Å². The second kappa shape index (κ2) is 7.83. The monoisotopic (exact) mass is 380 g/mol. The molecule has 0 aliphatic rings. The van der Waals surface area contributed by atoms with Crippen LogP contribution in [-0.4, -0.2) is 33.2 Å². The molecule has 3 rings (SSSR count). The first-order valence-corrected chi connectivity index (χ1v) is 8.55. The second-order valence-electron chi connectivity index (χ2n) is 6.18. The molecule has 8 nitrogen and oxygen atoms in total. The first-order chi connectivity index (χ1) is 13.4. The van der Waals surface area contributed by atoms with Gasteiger partial charge in [0.05, 0.1) is 24.7 Å². The van der Waals surface area contributed by atoms with E-state index in [0.717, 1.165) is 10.1 Å². The molecule has 144 valence electrons. The van der Waals surface area contributed by atoms with Gasteiger partial charge in [-0.25, -0.2) is 9.36 Å². The molecule has 0 fully saturated rings. The van der Waals surface area contributed by atoms with Crippen molar-refractivity contribution in [3.8, 4) is 17.3 Å². The van der Waals surface area contributed by atoms with Gasteiger partial charge in [-0.1, -0.05) is 12.1 Å². The molecule has 0 radical (unpaired) electrons. The minimum Gasteiger partial charge on any atom is -0.493 e. The molecular formula is C20H20N4O4. The number of amidine groups is 1. The number of carbonyl (C=O) groups excluding carboxylic acids is 1. The first kappa shape index (κ1) is 19.0. The van der Waals surface area contributed by atoms with E-state index >= 15 is 0 Å². The Bertz CT molecular complexity index is 1060. The Kier molecular flexibility index (Phi) is 5.30. The highest BCUT2D eigenvalue weighted by Gasteiger charge is 2.14. The maximum Gasteiger partial charge on any atom is 0.340 e. The lowest BCUT2D eigenvalue weighted by atomic mass is 10.1. The van der Waals surface area contributed by atoms with E-state index in [9.17, 15) is 14.7 Å². The van der Waals surface area contributed by atoms with Crippen LogP contribution in [0, 0.1) is 5.41 Å². The normalized spacial score (nSPS) is 10.6. The highest BCUT2D eigenvalue weighted by atomic mass is 16.5. The van der Waals surface area contributed by atoms with E-state index in [2.05, 4.69) is 4.74 Å². The molecule has 0 saturated heterocycles. The fraction of sp³-hybridized carbons (Fsp3) is 0.150. The molecular weight excluding hydrogens is 360 g/mol. The van der Waals surface area contributed by atoms with Gasteiger partial charge < -0.3 is 15.6 Å². The number of hydrogen-bond acceptors (Lipinski definition) is 5. The Balaban J connectivity index is 1.88. The lowest BCUT2D eigenvalue weighted by molar-refractivity contribution is -0.140. The summed E-state index contributed by atoms with van der Waals surface area (Å²) in [7, 11) is 1.35. The van der Waals surface area contributed by atoms with E-state index < -0.39 is 5.69 Å². The average Bonchev–Trinajstić information content (AvgIpc) is 3.00. The molecule has 4 N–H and O–H groups in total. The Hall–Kier alpha value is -3.81.